The Kier molecular flexibility index (Phi) is 3.25. The van der Waals surface area contributed by atoms with Crippen molar-refractivity contribution in [3.8, 4) is 0 Å². The summed E-state index contributed by atoms with van der Waals surface area (Å²) in [5.41, 5.74) is 3.42. The number of piperidine rings is 1. The van der Waals surface area contributed by atoms with Crippen molar-refractivity contribution < 1.29 is 0 Å². The van der Waals surface area contributed by atoms with E-state index < -0.39 is 0 Å². The van der Waals surface area contributed by atoms with E-state index in [1.54, 1.807) is 17.5 Å². The van der Waals surface area contributed by atoms with Gasteiger partial charge in [0, 0.05) is 11.6 Å². The van der Waals surface area contributed by atoms with E-state index in [4.69, 9.17) is 4.99 Å². The first kappa shape index (κ1) is 15.0. The van der Waals surface area contributed by atoms with E-state index in [1.807, 2.05) is 0 Å². The van der Waals surface area contributed by atoms with Crippen LogP contribution >= 0.6 is 0 Å². The Morgan fingerprint density at radius 2 is 1.56 bits per heavy atom. The summed E-state index contributed by atoms with van der Waals surface area (Å²) in [5, 5.41) is 3.54. The monoisotopic (exact) mass is 334 g/mol. The van der Waals surface area contributed by atoms with E-state index in [-0.39, 0.29) is 5.41 Å². The van der Waals surface area contributed by atoms with Crippen LogP contribution in [0.1, 0.15) is 62.1 Å². The molecule has 0 aromatic heterocycles. The average Bonchev–Trinajstić information content (AvgIpc) is 2.64. The molecule has 2 aliphatic heterocycles. The Balaban J connectivity index is 1.41. The molecule has 1 spiro atoms. The number of fused-ring (bicyclic) bond motifs is 2. The third-order valence-electron chi connectivity index (χ3n) is 8.46. The molecule has 6 aliphatic rings. The number of rotatable bonds is 1. The van der Waals surface area contributed by atoms with E-state index in [1.165, 1.54) is 38.5 Å². The van der Waals surface area contributed by atoms with Crippen molar-refractivity contribution in [1.29, 1.82) is 0 Å². The van der Waals surface area contributed by atoms with Gasteiger partial charge in [0.05, 0.1) is 6.04 Å². The van der Waals surface area contributed by atoms with Gasteiger partial charge in [-0.15, -0.1) is 0 Å². The summed E-state index contributed by atoms with van der Waals surface area (Å²) in [4.78, 5) is 5.34. The van der Waals surface area contributed by atoms with Crippen molar-refractivity contribution in [3.63, 3.8) is 0 Å². The first-order valence-electron chi connectivity index (χ1n) is 10.7. The van der Waals surface area contributed by atoms with Crippen LogP contribution in [0.5, 0.6) is 0 Å². The van der Waals surface area contributed by atoms with Crippen molar-refractivity contribution in [2.45, 2.75) is 56.4 Å². The normalized spacial score (nSPS) is 43.4. The van der Waals surface area contributed by atoms with Crippen LogP contribution in [-0.4, -0.2) is 19.3 Å². The van der Waals surface area contributed by atoms with Crippen LogP contribution in [0.3, 0.4) is 0 Å². The number of hydrogen-bond donors (Lipinski definition) is 1. The summed E-state index contributed by atoms with van der Waals surface area (Å²) in [6.45, 7) is 2.26. The molecule has 0 radical (unpaired) electrons. The molecule has 2 nitrogen and oxygen atoms in total. The topological polar surface area (TPSA) is 24.4 Å². The maximum absolute atomic E-state index is 5.34. The first-order valence-corrected chi connectivity index (χ1v) is 10.7. The van der Waals surface area contributed by atoms with Gasteiger partial charge >= 0.3 is 0 Å². The molecule has 0 amide bonds. The molecule has 1 N–H and O–H groups in total. The molecule has 25 heavy (non-hydrogen) atoms. The summed E-state index contributed by atoms with van der Waals surface area (Å²) >= 11 is 0. The molecule has 4 aliphatic carbocycles. The summed E-state index contributed by atoms with van der Waals surface area (Å²) < 4.78 is 0. The van der Waals surface area contributed by atoms with Crippen molar-refractivity contribution in [2.24, 2.45) is 34.6 Å². The number of nitrogens with one attached hydrogen (secondary N) is 1. The summed E-state index contributed by atoms with van der Waals surface area (Å²) in [6, 6.07) is 9.82. The van der Waals surface area contributed by atoms with E-state index in [9.17, 15) is 0 Å². The summed E-state index contributed by atoms with van der Waals surface area (Å²) in [6.07, 6.45) is 12.4. The number of nitrogens with zero attached hydrogens (tertiary/aromatic N) is 1. The second-order valence-electron chi connectivity index (χ2n) is 9.72. The Morgan fingerprint density at radius 1 is 0.880 bits per heavy atom. The lowest BCUT2D eigenvalue weighted by atomic mass is 9.49. The van der Waals surface area contributed by atoms with Crippen LogP contribution in [0.4, 0.5) is 0 Å². The molecule has 132 valence electrons. The van der Waals surface area contributed by atoms with Gasteiger partial charge in [0.1, 0.15) is 0 Å². The van der Waals surface area contributed by atoms with Crippen LogP contribution in [-0.2, 0) is 5.41 Å². The Morgan fingerprint density at radius 3 is 2.28 bits per heavy atom. The lowest BCUT2D eigenvalue weighted by Crippen LogP contribution is -2.49. The molecule has 1 saturated heterocycles. The van der Waals surface area contributed by atoms with Gasteiger partial charge in [-0.2, -0.15) is 0 Å². The summed E-state index contributed by atoms with van der Waals surface area (Å²) in [7, 11) is 0. The number of hydrogen-bond acceptors (Lipinski definition) is 2. The van der Waals surface area contributed by atoms with Gasteiger partial charge in [-0.05, 0) is 98.8 Å². The number of aliphatic imine (C=N–C) groups is 1. The molecule has 4 bridgehead atoms. The molecule has 1 aromatic rings. The lowest BCUT2D eigenvalue weighted by molar-refractivity contribution is -0.0473. The minimum absolute atomic E-state index is 0.213. The highest BCUT2D eigenvalue weighted by Gasteiger charge is 2.52. The third-order valence-corrected chi connectivity index (χ3v) is 8.46. The smallest absolute Gasteiger partial charge is 0.0781 e. The third kappa shape index (κ3) is 2.16. The van der Waals surface area contributed by atoms with Gasteiger partial charge in [-0.1, -0.05) is 24.3 Å². The highest BCUT2D eigenvalue weighted by atomic mass is 14.9. The molecule has 2 heteroatoms. The van der Waals surface area contributed by atoms with Gasteiger partial charge in [0.25, 0.3) is 0 Å². The Hall–Kier alpha value is -1.15. The fourth-order valence-corrected chi connectivity index (χ4v) is 7.64. The second-order valence-corrected chi connectivity index (χ2v) is 9.72. The molecular weight excluding hydrogens is 304 g/mol. The zero-order valence-electron chi connectivity index (χ0n) is 15.2. The fourth-order valence-electron chi connectivity index (χ4n) is 7.64. The maximum atomic E-state index is 5.34. The molecular formula is C23H30N2. The van der Waals surface area contributed by atoms with Crippen molar-refractivity contribution >= 4 is 6.21 Å². The molecule has 7 rings (SSSR count). The molecule has 1 aromatic carbocycles. The van der Waals surface area contributed by atoms with Crippen LogP contribution in [0.25, 0.3) is 0 Å². The van der Waals surface area contributed by atoms with E-state index in [2.05, 4.69) is 35.8 Å². The largest absolute Gasteiger partial charge is 0.317 e. The second kappa shape index (κ2) is 5.42. The van der Waals surface area contributed by atoms with Gasteiger partial charge in [-0.25, -0.2) is 0 Å². The van der Waals surface area contributed by atoms with Crippen LogP contribution in [0, 0.1) is 29.6 Å². The van der Waals surface area contributed by atoms with Gasteiger partial charge in [-0.3, -0.25) is 4.99 Å². The SMILES string of the molecule is C1=NC(C2C3CC4CC(C3)CC2C4)c2ccccc2C12CCNCC2. The maximum Gasteiger partial charge on any atom is 0.0781 e. The predicted octanol–water partition coefficient (Wildman–Crippen LogP) is 4.51. The zero-order chi connectivity index (χ0) is 16.4. The number of benzene rings is 1. The van der Waals surface area contributed by atoms with Gasteiger partial charge in [0.15, 0.2) is 0 Å². The highest BCUT2D eigenvalue weighted by Crippen LogP contribution is 2.61. The lowest BCUT2D eigenvalue weighted by Gasteiger charge is -2.56. The Labute approximate surface area is 151 Å². The minimum Gasteiger partial charge on any atom is -0.317 e. The minimum atomic E-state index is 0.213. The van der Waals surface area contributed by atoms with Crippen LogP contribution in [0.15, 0.2) is 29.3 Å². The molecule has 1 atom stereocenters. The van der Waals surface area contributed by atoms with Gasteiger partial charge < -0.3 is 5.32 Å². The van der Waals surface area contributed by atoms with Crippen molar-refractivity contribution in [2.75, 3.05) is 13.1 Å². The van der Waals surface area contributed by atoms with Gasteiger partial charge in [0.2, 0.25) is 0 Å². The van der Waals surface area contributed by atoms with E-state index in [0.717, 1.165) is 42.7 Å². The standard InChI is InChI=1S/C23H30N2/c1-2-4-20-19(3-1)22(25-14-23(20)5-7-24-8-6-23)21-17-10-15-9-16(12-17)13-18(21)11-15/h1-4,14-18,21-22,24H,5-13H2. The van der Waals surface area contributed by atoms with Crippen molar-refractivity contribution in [3.05, 3.63) is 35.4 Å². The summed E-state index contributed by atoms with van der Waals surface area (Å²) in [5.74, 6) is 4.83. The first-order chi connectivity index (χ1) is 12.3. The quantitative estimate of drug-likeness (QED) is 0.803. The molecule has 1 unspecified atom stereocenters. The Bertz CT molecular complexity index is 672. The van der Waals surface area contributed by atoms with E-state index in [0.29, 0.717) is 6.04 Å². The zero-order valence-corrected chi connectivity index (χ0v) is 15.2. The molecule has 2 heterocycles. The van der Waals surface area contributed by atoms with Crippen molar-refractivity contribution in [1.82, 2.24) is 5.32 Å². The highest BCUT2D eigenvalue weighted by molar-refractivity contribution is 5.77. The van der Waals surface area contributed by atoms with E-state index >= 15 is 0 Å². The van der Waals surface area contributed by atoms with Crippen LogP contribution < -0.4 is 5.32 Å². The molecule has 4 saturated carbocycles. The fraction of sp³-hybridized carbons (Fsp3) is 0.696. The molecule has 5 fully saturated rings. The van der Waals surface area contributed by atoms with Crippen LogP contribution in [0.2, 0.25) is 0 Å². The predicted molar refractivity (Wildman–Crippen MR) is 102 cm³/mol. The average molecular weight is 335 g/mol.